The van der Waals surface area contributed by atoms with Crippen molar-refractivity contribution in [2.24, 2.45) is 5.92 Å². The summed E-state index contributed by atoms with van der Waals surface area (Å²) in [6.45, 7) is 2.86. The number of amides is 2. The Morgan fingerprint density at radius 1 is 1.04 bits per heavy atom. The van der Waals surface area contributed by atoms with E-state index in [1.165, 1.54) is 0 Å². The lowest BCUT2D eigenvalue weighted by atomic mass is 10.1. The van der Waals surface area contributed by atoms with Gasteiger partial charge in [-0.25, -0.2) is 0 Å². The van der Waals surface area contributed by atoms with Crippen molar-refractivity contribution in [1.29, 1.82) is 0 Å². The number of nitrogens with zero attached hydrogens (tertiary/aromatic N) is 2. The fourth-order valence-electron chi connectivity index (χ4n) is 3.53. The SMILES string of the molecule is O=C(Cc1c[nH]c2ccccc12)N1CCCN(C(=O)C2CC2)CC1. The summed E-state index contributed by atoms with van der Waals surface area (Å²) in [4.78, 5) is 32.0. The highest BCUT2D eigenvalue weighted by atomic mass is 16.2. The van der Waals surface area contributed by atoms with Gasteiger partial charge in [-0.2, -0.15) is 0 Å². The van der Waals surface area contributed by atoms with Gasteiger partial charge in [0.05, 0.1) is 6.42 Å². The number of aromatic nitrogens is 1. The maximum atomic E-state index is 12.7. The number of carbonyl (C=O) groups excluding carboxylic acids is 2. The van der Waals surface area contributed by atoms with Crippen molar-refractivity contribution in [3.63, 3.8) is 0 Å². The lowest BCUT2D eigenvalue weighted by Gasteiger charge is -2.22. The van der Waals surface area contributed by atoms with Gasteiger partial charge < -0.3 is 14.8 Å². The molecule has 1 saturated carbocycles. The van der Waals surface area contributed by atoms with Gasteiger partial charge in [0.15, 0.2) is 0 Å². The summed E-state index contributed by atoms with van der Waals surface area (Å²) in [6.07, 6.45) is 5.30. The van der Waals surface area contributed by atoms with Crippen molar-refractivity contribution in [2.45, 2.75) is 25.7 Å². The van der Waals surface area contributed by atoms with Crippen molar-refractivity contribution in [3.05, 3.63) is 36.0 Å². The van der Waals surface area contributed by atoms with Crippen LogP contribution in [0.2, 0.25) is 0 Å². The number of benzene rings is 1. The van der Waals surface area contributed by atoms with Gasteiger partial charge in [-0.05, 0) is 30.9 Å². The van der Waals surface area contributed by atoms with E-state index in [-0.39, 0.29) is 11.8 Å². The molecule has 1 aliphatic heterocycles. The summed E-state index contributed by atoms with van der Waals surface area (Å²) in [6, 6.07) is 8.06. The third-order valence-corrected chi connectivity index (χ3v) is 5.10. The van der Waals surface area contributed by atoms with Crippen molar-refractivity contribution in [1.82, 2.24) is 14.8 Å². The second kappa shape index (κ2) is 6.30. The number of nitrogens with one attached hydrogen (secondary N) is 1. The zero-order chi connectivity index (χ0) is 16.5. The Morgan fingerprint density at radius 3 is 2.62 bits per heavy atom. The molecular weight excluding hydrogens is 302 g/mol. The quantitative estimate of drug-likeness (QED) is 0.940. The molecular formula is C19H23N3O2. The molecule has 0 bridgehead atoms. The summed E-state index contributed by atoms with van der Waals surface area (Å²) in [5.41, 5.74) is 2.11. The molecule has 0 spiro atoms. The van der Waals surface area contributed by atoms with Crippen LogP contribution in [-0.4, -0.2) is 52.8 Å². The first-order valence-corrected chi connectivity index (χ1v) is 8.84. The molecule has 0 atom stereocenters. The average molecular weight is 325 g/mol. The van der Waals surface area contributed by atoms with E-state index in [4.69, 9.17) is 0 Å². The smallest absolute Gasteiger partial charge is 0.227 e. The van der Waals surface area contributed by atoms with Crippen LogP contribution >= 0.6 is 0 Å². The zero-order valence-corrected chi connectivity index (χ0v) is 13.8. The van der Waals surface area contributed by atoms with Crippen LogP contribution in [0.1, 0.15) is 24.8 Å². The van der Waals surface area contributed by atoms with Crippen LogP contribution in [0.3, 0.4) is 0 Å². The Bertz CT molecular complexity index is 763. The van der Waals surface area contributed by atoms with Crippen LogP contribution in [0.25, 0.3) is 10.9 Å². The summed E-state index contributed by atoms with van der Waals surface area (Å²) < 4.78 is 0. The third kappa shape index (κ3) is 3.03. The normalized spacial score (nSPS) is 18.7. The summed E-state index contributed by atoms with van der Waals surface area (Å²) in [5, 5.41) is 1.12. The minimum atomic E-state index is 0.153. The number of para-hydroxylation sites is 1. The van der Waals surface area contributed by atoms with Crippen molar-refractivity contribution in [2.75, 3.05) is 26.2 Å². The molecule has 2 aromatic rings. The molecule has 5 nitrogen and oxygen atoms in total. The molecule has 0 unspecified atom stereocenters. The predicted molar refractivity (Wildman–Crippen MR) is 92.5 cm³/mol. The number of carbonyl (C=O) groups is 2. The average Bonchev–Trinajstić information content (AvgIpc) is 3.40. The van der Waals surface area contributed by atoms with Gasteiger partial charge in [0.2, 0.25) is 11.8 Å². The lowest BCUT2D eigenvalue weighted by molar-refractivity contribution is -0.134. The number of fused-ring (bicyclic) bond motifs is 1. The van der Waals surface area contributed by atoms with Crippen molar-refractivity contribution < 1.29 is 9.59 Å². The van der Waals surface area contributed by atoms with Gasteiger partial charge in [-0.1, -0.05) is 18.2 Å². The first-order chi connectivity index (χ1) is 11.7. The predicted octanol–water partition coefficient (Wildman–Crippen LogP) is 2.18. The molecule has 1 aromatic heterocycles. The number of H-pyrrole nitrogens is 1. The first-order valence-electron chi connectivity index (χ1n) is 8.84. The van der Waals surface area contributed by atoms with Gasteiger partial charge in [0, 0.05) is 49.2 Å². The van der Waals surface area contributed by atoms with Crippen LogP contribution in [0.4, 0.5) is 0 Å². The van der Waals surface area contributed by atoms with E-state index in [2.05, 4.69) is 4.98 Å². The molecule has 1 N–H and O–H groups in total. The van der Waals surface area contributed by atoms with Crippen molar-refractivity contribution in [3.8, 4) is 0 Å². The fraction of sp³-hybridized carbons (Fsp3) is 0.474. The molecule has 2 heterocycles. The second-order valence-electron chi connectivity index (χ2n) is 6.87. The minimum absolute atomic E-state index is 0.153. The topological polar surface area (TPSA) is 56.4 Å². The van der Waals surface area contributed by atoms with Crippen LogP contribution in [-0.2, 0) is 16.0 Å². The highest BCUT2D eigenvalue weighted by Crippen LogP contribution is 2.31. The molecule has 2 amide bonds. The maximum Gasteiger partial charge on any atom is 0.227 e. The second-order valence-corrected chi connectivity index (χ2v) is 6.87. The van der Waals surface area contributed by atoms with E-state index in [1.807, 2.05) is 40.3 Å². The molecule has 2 fully saturated rings. The molecule has 1 saturated heterocycles. The van der Waals surface area contributed by atoms with Crippen molar-refractivity contribution >= 4 is 22.7 Å². The maximum absolute atomic E-state index is 12.7. The Kier molecular flexibility index (Phi) is 4.00. The molecule has 126 valence electrons. The zero-order valence-electron chi connectivity index (χ0n) is 13.8. The monoisotopic (exact) mass is 325 g/mol. The number of hydrogen-bond acceptors (Lipinski definition) is 2. The van der Waals surface area contributed by atoms with E-state index in [0.29, 0.717) is 25.4 Å². The van der Waals surface area contributed by atoms with Crippen LogP contribution in [0.15, 0.2) is 30.5 Å². The first kappa shape index (κ1) is 15.2. The van der Waals surface area contributed by atoms with E-state index < -0.39 is 0 Å². The Labute approximate surface area is 141 Å². The summed E-state index contributed by atoms with van der Waals surface area (Å²) in [5.74, 6) is 0.708. The molecule has 4 rings (SSSR count). The van der Waals surface area contributed by atoms with Crippen LogP contribution in [0.5, 0.6) is 0 Å². The number of hydrogen-bond donors (Lipinski definition) is 1. The van der Waals surface area contributed by atoms with E-state index >= 15 is 0 Å². The van der Waals surface area contributed by atoms with E-state index in [0.717, 1.165) is 48.8 Å². The fourth-order valence-corrected chi connectivity index (χ4v) is 3.53. The molecule has 1 aliphatic carbocycles. The number of rotatable bonds is 3. The molecule has 24 heavy (non-hydrogen) atoms. The van der Waals surface area contributed by atoms with Gasteiger partial charge in [0.25, 0.3) is 0 Å². The largest absolute Gasteiger partial charge is 0.361 e. The van der Waals surface area contributed by atoms with Gasteiger partial charge in [0.1, 0.15) is 0 Å². The lowest BCUT2D eigenvalue weighted by Crippen LogP contribution is -2.38. The molecule has 5 heteroatoms. The summed E-state index contributed by atoms with van der Waals surface area (Å²) >= 11 is 0. The van der Waals surface area contributed by atoms with Gasteiger partial charge in [-0.3, -0.25) is 9.59 Å². The van der Waals surface area contributed by atoms with Crippen LogP contribution in [0, 0.1) is 5.92 Å². The number of aromatic amines is 1. The Balaban J connectivity index is 1.40. The van der Waals surface area contributed by atoms with E-state index in [9.17, 15) is 9.59 Å². The highest BCUT2D eigenvalue weighted by Gasteiger charge is 2.34. The van der Waals surface area contributed by atoms with Gasteiger partial charge in [-0.15, -0.1) is 0 Å². The minimum Gasteiger partial charge on any atom is -0.361 e. The highest BCUT2D eigenvalue weighted by molar-refractivity contribution is 5.89. The molecule has 0 radical (unpaired) electrons. The standard InChI is InChI=1S/C19H23N3O2/c23-18(12-15-13-20-17-5-2-1-4-16(15)17)21-8-3-9-22(11-10-21)19(24)14-6-7-14/h1-2,4-5,13-14,20H,3,6-12H2. The third-order valence-electron chi connectivity index (χ3n) is 5.10. The van der Waals surface area contributed by atoms with Crippen LogP contribution < -0.4 is 0 Å². The van der Waals surface area contributed by atoms with Gasteiger partial charge >= 0.3 is 0 Å². The molecule has 2 aliphatic rings. The Hall–Kier alpha value is -2.30. The Morgan fingerprint density at radius 2 is 1.79 bits per heavy atom. The van der Waals surface area contributed by atoms with E-state index in [1.54, 1.807) is 0 Å². The molecule has 1 aromatic carbocycles. The summed E-state index contributed by atoms with van der Waals surface area (Å²) in [7, 11) is 0.